The fraction of sp³-hybridized carbons (Fsp3) is 0.500. The molecule has 0 radical (unpaired) electrons. The van der Waals surface area contributed by atoms with Crippen molar-refractivity contribution >= 4 is 6.03 Å². The topological polar surface area (TPSA) is 83.3 Å². The quantitative estimate of drug-likeness (QED) is 0.892. The highest BCUT2D eigenvalue weighted by molar-refractivity contribution is 5.74. The number of hydrogen-bond acceptors (Lipinski definition) is 4. The summed E-state index contributed by atoms with van der Waals surface area (Å²) in [6, 6.07) is 7.97. The number of nitrogens with zero attached hydrogens (tertiary/aromatic N) is 4. The highest BCUT2D eigenvalue weighted by atomic mass is 16.3. The summed E-state index contributed by atoms with van der Waals surface area (Å²) in [7, 11) is 1.81. The minimum absolute atomic E-state index is 0.0426. The van der Waals surface area contributed by atoms with Gasteiger partial charge in [0.1, 0.15) is 12.7 Å². The van der Waals surface area contributed by atoms with Crippen molar-refractivity contribution in [3.8, 4) is 5.69 Å². The van der Waals surface area contributed by atoms with Crippen molar-refractivity contribution in [2.45, 2.75) is 50.8 Å². The van der Waals surface area contributed by atoms with Crippen molar-refractivity contribution in [3.63, 3.8) is 0 Å². The monoisotopic (exact) mass is 343 g/mol. The first-order valence-electron chi connectivity index (χ1n) is 8.71. The van der Waals surface area contributed by atoms with E-state index >= 15 is 0 Å². The van der Waals surface area contributed by atoms with Crippen molar-refractivity contribution in [2.24, 2.45) is 0 Å². The molecule has 2 aromatic rings. The molecule has 1 aliphatic carbocycles. The van der Waals surface area contributed by atoms with Gasteiger partial charge in [-0.2, -0.15) is 5.10 Å². The van der Waals surface area contributed by atoms with Gasteiger partial charge in [-0.05, 0) is 50.3 Å². The number of rotatable bonds is 4. The van der Waals surface area contributed by atoms with Crippen molar-refractivity contribution in [1.29, 1.82) is 0 Å². The van der Waals surface area contributed by atoms with E-state index in [1.54, 1.807) is 15.9 Å². The Kier molecular flexibility index (Phi) is 5.33. The van der Waals surface area contributed by atoms with Gasteiger partial charge in [-0.25, -0.2) is 14.5 Å². The van der Waals surface area contributed by atoms with Crippen LogP contribution in [0.1, 0.15) is 44.2 Å². The standard InChI is InChI=1S/C18H25N5O2/c1-13(14-3-7-16(8-4-14)23-12-19-11-20-23)22(2)18(25)21-15-5-9-17(24)10-6-15/h3-4,7-8,11-13,15,17,24H,5-6,9-10H2,1-2H3,(H,21,25)/t13-,15?,17?/m1/s1. The largest absolute Gasteiger partial charge is 0.393 e. The molecule has 3 rings (SSSR count). The van der Waals surface area contributed by atoms with Crippen LogP contribution in [0.15, 0.2) is 36.9 Å². The molecule has 1 heterocycles. The summed E-state index contributed by atoms with van der Waals surface area (Å²) < 4.78 is 1.70. The summed E-state index contributed by atoms with van der Waals surface area (Å²) in [5.41, 5.74) is 1.99. The zero-order valence-corrected chi connectivity index (χ0v) is 14.7. The highest BCUT2D eigenvalue weighted by Gasteiger charge is 2.24. The van der Waals surface area contributed by atoms with Gasteiger partial charge < -0.3 is 15.3 Å². The fourth-order valence-electron chi connectivity index (χ4n) is 3.14. The van der Waals surface area contributed by atoms with Gasteiger partial charge in [-0.3, -0.25) is 0 Å². The molecule has 1 aromatic heterocycles. The second-order valence-electron chi connectivity index (χ2n) is 6.67. The van der Waals surface area contributed by atoms with Gasteiger partial charge in [0, 0.05) is 13.1 Å². The number of carbonyl (C=O) groups excluding carboxylic acids is 1. The number of aromatic nitrogens is 3. The van der Waals surface area contributed by atoms with Gasteiger partial charge in [0.05, 0.1) is 17.8 Å². The minimum Gasteiger partial charge on any atom is -0.393 e. The zero-order valence-electron chi connectivity index (χ0n) is 14.7. The summed E-state index contributed by atoms with van der Waals surface area (Å²) in [6.45, 7) is 2.01. The molecule has 1 atom stereocenters. The lowest BCUT2D eigenvalue weighted by Gasteiger charge is -2.31. The molecular weight excluding hydrogens is 318 g/mol. The average Bonchev–Trinajstić information content (AvgIpc) is 3.17. The Hall–Kier alpha value is -2.41. The summed E-state index contributed by atoms with van der Waals surface area (Å²) in [4.78, 5) is 18.2. The number of benzene rings is 1. The third-order valence-electron chi connectivity index (χ3n) is 4.98. The molecule has 0 saturated heterocycles. The van der Waals surface area contributed by atoms with E-state index < -0.39 is 0 Å². The average molecular weight is 343 g/mol. The Labute approximate surface area is 147 Å². The van der Waals surface area contributed by atoms with E-state index in [-0.39, 0.29) is 24.2 Å². The van der Waals surface area contributed by atoms with E-state index in [4.69, 9.17) is 0 Å². The predicted molar refractivity (Wildman–Crippen MR) is 94.3 cm³/mol. The van der Waals surface area contributed by atoms with Crippen LogP contribution in [0.2, 0.25) is 0 Å². The van der Waals surface area contributed by atoms with E-state index in [9.17, 15) is 9.90 Å². The maximum absolute atomic E-state index is 12.5. The molecule has 134 valence electrons. The first kappa shape index (κ1) is 17.4. The lowest BCUT2D eigenvalue weighted by Crippen LogP contribution is -2.45. The normalized spacial score (nSPS) is 21.6. The molecule has 0 aliphatic heterocycles. The first-order chi connectivity index (χ1) is 12.0. The molecule has 2 amide bonds. The lowest BCUT2D eigenvalue weighted by atomic mass is 9.93. The van der Waals surface area contributed by atoms with Crippen LogP contribution in [0.3, 0.4) is 0 Å². The second kappa shape index (κ2) is 7.65. The van der Waals surface area contributed by atoms with Gasteiger partial charge in [0.25, 0.3) is 0 Å². The number of amides is 2. The lowest BCUT2D eigenvalue weighted by molar-refractivity contribution is 0.115. The third kappa shape index (κ3) is 4.17. The van der Waals surface area contributed by atoms with E-state index in [1.165, 1.54) is 6.33 Å². The zero-order chi connectivity index (χ0) is 17.8. The molecule has 0 unspecified atom stereocenters. The summed E-state index contributed by atoms with van der Waals surface area (Å²) in [5.74, 6) is 0. The van der Waals surface area contributed by atoms with Gasteiger partial charge in [-0.1, -0.05) is 12.1 Å². The Morgan fingerprint density at radius 3 is 2.56 bits per heavy atom. The Morgan fingerprint density at radius 2 is 1.96 bits per heavy atom. The minimum atomic E-state index is -0.215. The van der Waals surface area contributed by atoms with Gasteiger partial charge in [0.15, 0.2) is 0 Å². The van der Waals surface area contributed by atoms with Crippen LogP contribution in [-0.2, 0) is 0 Å². The maximum Gasteiger partial charge on any atom is 0.317 e. The number of hydrogen-bond donors (Lipinski definition) is 2. The van der Waals surface area contributed by atoms with Crippen molar-refractivity contribution in [2.75, 3.05) is 7.05 Å². The SMILES string of the molecule is C[C@H](c1ccc(-n2cncn2)cc1)N(C)C(=O)NC1CCC(O)CC1. The Morgan fingerprint density at radius 1 is 1.28 bits per heavy atom. The number of aliphatic hydroxyl groups excluding tert-OH is 1. The molecule has 0 spiro atoms. The number of urea groups is 1. The smallest absolute Gasteiger partial charge is 0.317 e. The van der Waals surface area contributed by atoms with Crippen LogP contribution >= 0.6 is 0 Å². The van der Waals surface area contributed by atoms with Gasteiger partial charge in [-0.15, -0.1) is 0 Å². The van der Waals surface area contributed by atoms with Crippen LogP contribution in [-0.4, -0.2) is 50.0 Å². The third-order valence-corrected chi connectivity index (χ3v) is 4.98. The van der Waals surface area contributed by atoms with Crippen LogP contribution in [0.5, 0.6) is 0 Å². The summed E-state index contributed by atoms with van der Waals surface area (Å²) in [5, 5.41) is 16.7. The molecular formula is C18H25N5O2. The molecule has 2 N–H and O–H groups in total. The van der Waals surface area contributed by atoms with E-state index in [2.05, 4.69) is 15.4 Å². The van der Waals surface area contributed by atoms with E-state index in [0.29, 0.717) is 0 Å². The molecule has 25 heavy (non-hydrogen) atoms. The Balaban J connectivity index is 1.59. The number of aliphatic hydroxyl groups is 1. The van der Waals surface area contributed by atoms with Crippen LogP contribution < -0.4 is 5.32 Å². The molecule has 7 nitrogen and oxygen atoms in total. The molecule has 1 saturated carbocycles. The number of carbonyl (C=O) groups is 1. The maximum atomic E-state index is 12.5. The van der Waals surface area contributed by atoms with Crippen molar-refractivity contribution in [1.82, 2.24) is 25.0 Å². The van der Waals surface area contributed by atoms with Crippen LogP contribution in [0.4, 0.5) is 4.79 Å². The van der Waals surface area contributed by atoms with E-state index in [1.807, 2.05) is 38.2 Å². The summed E-state index contributed by atoms with van der Waals surface area (Å²) >= 11 is 0. The highest BCUT2D eigenvalue weighted by Crippen LogP contribution is 2.22. The molecule has 1 aromatic carbocycles. The first-order valence-corrected chi connectivity index (χ1v) is 8.71. The predicted octanol–water partition coefficient (Wildman–Crippen LogP) is 2.27. The van der Waals surface area contributed by atoms with Crippen LogP contribution in [0, 0.1) is 0 Å². The van der Waals surface area contributed by atoms with Crippen LogP contribution in [0.25, 0.3) is 5.69 Å². The molecule has 0 bridgehead atoms. The van der Waals surface area contributed by atoms with Crippen molar-refractivity contribution in [3.05, 3.63) is 42.5 Å². The van der Waals surface area contributed by atoms with Crippen molar-refractivity contribution < 1.29 is 9.90 Å². The Bertz CT molecular complexity index is 678. The fourth-order valence-corrected chi connectivity index (χ4v) is 3.14. The molecule has 7 heteroatoms. The van der Waals surface area contributed by atoms with Gasteiger partial charge in [0.2, 0.25) is 0 Å². The second-order valence-corrected chi connectivity index (χ2v) is 6.67. The summed E-state index contributed by atoms with van der Waals surface area (Å²) in [6.07, 6.45) is 6.12. The number of nitrogens with one attached hydrogen (secondary N) is 1. The molecule has 1 aliphatic rings. The van der Waals surface area contributed by atoms with Gasteiger partial charge >= 0.3 is 6.03 Å². The van der Waals surface area contributed by atoms with E-state index in [0.717, 1.165) is 36.9 Å². The molecule has 1 fully saturated rings.